The third-order valence-corrected chi connectivity index (χ3v) is 5.22. The molecule has 4 nitrogen and oxygen atoms in total. The number of aryl methyl sites for hydroxylation is 1. The van der Waals surface area contributed by atoms with Crippen LogP contribution in [0.2, 0.25) is 0 Å². The Balaban J connectivity index is 1.79. The highest BCUT2D eigenvalue weighted by molar-refractivity contribution is 7.99. The minimum absolute atomic E-state index is 0.0784. The van der Waals surface area contributed by atoms with Gasteiger partial charge in [-0.15, -0.1) is 0 Å². The number of carbonyl (C=O) groups is 1. The Hall–Kier alpha value is -2.14. The van der Waals surface area contributed by atoms with Crippen LogP contribution in [0, 0.1) is 6.92 Å². The van der Waals surface area contributed by atoms with Gasteiger partial charge in [-0.25, -0.2) is 4.79 Å². The largest absolute Gasteiger partial charge is 0.495 e. The van der Waals surface area contributed by atoms with Gasteiger partial charge in [-0.1, -0.05) is 42.0 Å². The number of rotatable bonds is 3. The number of methoxy groups -OCH3 is 1. The van der Waals surface area contributed by atoms with E-state index in [1.807, 2.05) is 40.9 Å². The van der Waals surface area contributed by atoms with Crippen molar-refractivity contribution in [3.8, 4) is 5.75 Å². The van der Waals surface area contributed by atoms with E-state index in [0.717, 1.165) is 18.1 Å². The third kappa shape index (κ3) is 3.67. The monoisotopic (exact) mass is 342 g/mol. The number of thioether (sulfide) groups is 1. The first kappa shape index (κ1) is 16.7. The summed E-state index contributed by atoms with van der Waals surface area (Å²) < 4.78 is 5.32. The molecule has 1 fully saturated rings. The van der Waals surface area contributed by atoms with E-state index in [1.54, 1.807) is 7.11 Å². The van der Waals surface area contributed by atoms with Crippen LogP contribution in [-0.4, -0.2) is 36.1 Å². The Bertz CT molecular complexity index is 703. The number of anilines is 1. The predicted molar refractivity (Wildman–Crippen MR) is 100.0 cm³/mol. The van der Waals surface area contributed by atoms with Crippen LogP contribution >= 0.6 is 11.8 Å². The molecule has 0 unspecified atom stereocenters. The lowest BCUT2D eigenvalue weighted by Crippen LogP contribution is -2.43. The molecular formula is C19H22N2O2S. The van der Waals surface area contributed by atoms with Crippen molar-refractivity contribution in [2.24, 2.45) is 0 Å². The highest BCUT2D eigenvalue weighted by Crippen LogP contribution is 2.31. The molecule has 2 aromatic carbocycles. The maximum Gasteiger partial charge on any atom is 0.322 e. The van der Waals surface area contributed by atoms with Crippen molar-refractivity contribution in [3.05, 3.63) is 59.7 Å². The van der Waals surface area contributed by atoms with Crippen LogP contribution in [0.15, 0.2) is 48.5 Å². The number of amides is 2. The van der Waals surface area contributed by atoms with Crippen molar-refractivity contribution in [3.63, 3.8) is 0 Å². The average molecular weight is 342 g/mol. The van der Waals surface area contributed by atoms with Crippen LogP contribution < -0.4 is 10.1 Å². The second-order valence-corrected chi connectivity index (χ2v) is 6.98. The summed E-state index contributed by atoms with van der Waals surface area (Å²) in [4.78, 5) is 14.8. The van der Waals surface area contributed by atoms with Gasteiger partial charge in [0, 0.05) is 18.1 Å². The molecule has 1 heterocycles. The van der Waals surface area contributed by atoms with E-state index in [-0.39, 0.29) is 12.1 Å². The molecule has 1 N–H and O–H groups in total. The topological polar surface area (TPSA) is 41.6 Å². The molecule has 5 heteroatoms. The van der Waals surface area contributed by atoms with Crippen LogP contribution in [0.25, 0.3) is 0 Å². The molecule has 3 rings (SSSR count). The fraction of sp³-hybridized carbons (Fsp3) is 0.316. The molecule has 1 atom stereocenters. The molecule has 0 saturated carbocycles. The Labute approximate surface area is 147 Å². The molecule has 1 aliphatic heterocycles. The molecule has 24 heavy (non-hydrogen) atoms. The van der Waals surface area contributed by atoms with Crippen LogP contribution in [0.5, 0.6) is 5.75 Å². The Morgan fingerprint density at radius 2 is 1.96 bits per heavy atom. The Morgan fingerprint density at radius 1 is 1.21 bits per heavy atom. The van der Waals surface area contributed by atoms with Crippen molar-refractivity contribution >= 4 is 23.5 Å². The lowest BCUT2D eigenvalue weighted by Gasteiger charge is -2.35. The van der Waals surface area contributed by atoms with Gasteiger partial charge in [0.15, 0.2) is 0 Å². The lowest BCUT2D eigenvalue weighted by molar-refractivity contribution is 0.196. The minimum atomic E-state index is -0.0784. The predicted octanol–water partition coefficient (Wildman–Crippen LogP) is 4.33. The zero-order valence-electron chi connectivity index (χ0n) is 14.0. The second kappa shape index (κ2) is 7.62. The molecule has 0 radical (unpaired) electrons. The van der Waals surface area contributed by atoms with Crippen molar-refractivity contribution in [1.82, 2.24) is 4.90 Å². The molecule has 0 aromatic heterocycles. The van der Waals surface area contributed by atoms with Gasteiger partial charge < -0.3 is 15.0 Å². The van der Waals surface area contributed by atoms with Crippen LogP contribution in [0.1, 0.15) is 17.2 Å². The van der Waals surface area contributed by atoms with E-state index in [1.165, 1.54) is 11.1 Å². The van der Waals surface area contributed by atoms with Gasteiger partial charge in [-0.2, -0.15) is 11.8 Å². The summed E-state index contributed by atoms with van der Waals surface area (Å²) in [6.45, 7) is 2.82. The van der Waals surface area contributed by atoms with Gasteiger partial charge in [0.25, 0.3) is 0 Å². The summed E-state index contributed by atoms with van der Waals surface area (Å²) in [7, 11) is 1.61. The summed E-state index contributed by atoms with van der Waals surface area (Å²) in [5.41, 5.74) is 3.11. The molecule has 0 aliphatic carbocycles. The SMILES string of the molecule is COc1ccccc1NC(=O)N1CCSC[C@@H]1c1ccc(C)cc1. The fourth-order valence-corrected chi connectivity index (χ4v) is 3.93. The van der Waals surface area contributed by atoms with Gasteiger partial charge in [0.1, 0.15) is 5.75 Å². The Kier molecular flexibility index (Phi) is 5.30. The van der Waals surface area contributed by atoms with Crippen LogP contribution in [0.3, 0.4) is 0 Å². The van der Waals surface area contributed by atoms with Gasteiger partial charge >= 0.3 is 6.03 Å². The molecule has 0 bridgehead atoms. The van der Waals surface area contributed by atoms with E-state index in [4.69, 9.17) is 4.74 Å². The van der Waals surface area contributed by atoms with E-state index in [2.05, 4.69) is 36.5 Å². The number of nitrogens with one attached hydrogen (secondary N) is 1. The summed E-state index contributed by atoms with van der Waals surface area (Å²) in [6.07, 6.45) is 0. The van der Waals surface area contributed by atoms with Crippen molar-refractivity contribution in [2.45, 2.75) is 13.0 Å². The minimum Gasteiger partial charge on any atom is -0.495 e. The van der Waals surface area contributed by atoms with E-state index in [0.29, 0.717) is 11.4 Å². The first-order valence-corrected chi connectivity index (χ1v) is 9.19. The van der Waals surface area contributed by atoms with Gasteiger partial charge in [-0.3, -0.25) is 0 Å². The summed E-state index contributed by atoms with van der Waals surface area (Å²) in [6, 6.07) is 15.9. The number of carbonyl (C=O) groups excluding carboxylic acids is 1. The normalized spacial score (nSPS) is 17.4. The van der Waals surface area contributed by atoms with Crippen LogP contribution in [0.4, 0.5) is 10.5 Å². The maximum atomic E-state index is 12.8. The van der Waals surface area contributed by atoms with E-state index < -0.39 is 0 Å². The van der Waals surface area contributed by atoms with Crippen molar-refractivity contribution < 1.29 is 9.53 Å². The zero-order valence-corrected chi connectivity index (χ0v) is 14.8. The number of hydrogen-bond donors (Lipinski definition) is 1. The van der Waals surface area contributed by atoms with Gasteiger partial charge in [-0.05, 0) is 24.6 Å². The molecular weight excluding hydrogens is 320 g/mol. The molecule has 2 aromatic rings. The number of hydrogen-bond acceptors (Lipinski definition) is 3. The lowest BCUT2D eigenvalue weighted by atomic mass is 10.1. The molecule has 126 valence electrons. The van der Waals surface area contributed by atoms with Gasteiger partial charge in [0.2, 0.25) is 0 Å². The molecule has 0 spiro atoms. The highest BCUT2D eigenvalue weighted by atomic mass is 32.2. The van der Waals surface area contributed by atoms with Crippen molar-refractivity contribution in [1.29, 1.82) is 0 Å². The Morgan fingerprint density at radius 3 is 2.71 bits per heavy atom. The zero-order chi connectivity index (χ0) is 16.9. The smallest absolute Gasteiger partial charge is 0.322 e. The average Bonchev–Trinajstić information content (AvgIpc) is 2.63. The first-order valence-electron chi connectivity index (χ1n) is 8.04. The first-order chi connectivity index (χ1) is 11.7. The number of urea groups is 1. The second-order valence-electron chi connectivity index (χ2n) is 5.83. The molecule has 1 aliphatic rings. The number of benzene rings is 2. The highest BCUT2D eigenvalue weighted by Gasteiger charge is 2.28. The molecule has 2 amide bonds. The maximum absolute atomic E-state index is 12.8. The fourth-order valence-electron chi connectivity index (χ4n) is 2.85. The van der Waals surface area contributed by atoms with Crippen LogP contribution in [-0.2, 0) is 0 Å². The van der Waals surface area contributed by atoms with Crippen molar-refractivity contribution in [2.75, 3.05) is 30.5 Å². The molecule has 1 saturated heterocycles. The number of para-hydroxylation sites is 2. The summed E-state index contributed by atoms with van der Waals surface area (Å²) in [5, 5.41) is 3.00. The quantitative estimate of drug-likeness (QED) is 0.903. The summed E-state index contributed by atoms with van der Waals surface area (Å²) >= 11 is 1.89. The van der Waals surface area contributed by atoms with Gasteiger partial charge in [0.05, 0.1) is 18.8 Å². The van der Waals surface area contributed by atoms with E-state index >= 15 is 0 Å². The third-order valence-electron chi connectivity index (χ3n) is 4.20. The van der Waals surface area contributed by atoms with E-state index in [9.17, 15) is 4.79 Å². The summed E-state index contributed by atoms with van der Waals surface area (Å²) in [5.74, 6) is 2.55. The number of nitrogens with zero attached hydrogens (tertiary/aromatic N) is 1. The number of ether oxygens (including phenoxy) is 1. The standard InChI is InChI=1S/C19H22N2O2S/c1-14-7-9-15(10-8-14)17-13-24-12-11-21(17)19(22)20-16-5-3-4-6-18(16)23-2/h3-10,17H,11-13H2,1-2H3,(H,20,22)/t17-/m1/s1.